The van der Waals surface area contributed by atoms with Crippen LogP contribution in [0.4, 0.5) is 10.5 Å². The van der Waals surface area contributed by atoms with Crippen LogP contribution in [-0.4, -0.2) is 51.2 Å². The van der Waals surface area contributed by atoms with Gasteiger partial charge in [0.25, 0.3) is 5.91 Å². The topological polar surface area (TPSA) is 93.5 Å². The maximum absolute atomic E-state index is 13.4. The third-order valence-corrected chi connectivity index (χ3v) is 6.11. The van der Waals surface area contributed by atoms with Gasteiger partial charge in [-0.1, -0.05) is 30.3 Å². The second-order valence-electron chi connectivity index (χ2n) is 10.0. The summed E-state index contributed by atoms with van der Waals surface area (Å²) in [5.41, 5.74) is 2.67. The standard InChI is InChI=1S/C28H32N4O4/c1-19(33)21-9-8-10-22(17-21)30-26(34)24-18-29-32(23-11-6-5-7-12-23)25(24)20-13-15-31(16-14-20)27(35)36-28(2,3)4/h5-12,17-18,20H,13-16H2,1-4H3,(H,30,34). The van der Waals surface area contributed by atoms with E-state index < -0.39 is 5.60 Å². The lowest BCUT2D eigenvalue weighted by Crippen LogP contribution is -2.41. The van der Waals surface area contributed by atoms with E-state index >= 15 is 0 Å². The van der Waals surface area contributed by atoms with Gasteiger partial charge in [-0.25, -0.2) is 9.48 Å². The molecule has 3 aromatic rings. The van der Waals surface area contributed by atoms with Crippen molar-refractivity contribution >= 4 is 23.5 Å². The van der Waals surface area contributed by atoms with Gasteiger partial charge in [0.1, 0.15) is 5.60 Å². The lowest BCUT2D eigenvalue weighted by molar-refractivity contribution is 0.0203. The number of hydrogen-bond donors (Lipinski definition) is 1. The molecule has 0 bridgehead atoms. The number of aromatic nitrogens is 2. The fourth-order valence-corrected chi connectivity index (χ4v) is 4.38. The Kier molecular flexibility index (Phi) is 7.24. The maximum atomic E-state index is 13.4. The molecule has 1 aliphatic heterocycles. The van der Waals surface area contributed by atoms with Crippen LogP contribution < -0.4 is 5.32 Å². The Hall–Kier alpha value is -3.94. The van der Waals surface area contributed by atoms with Crippen molar-refractivity contribution in [2.75, 3.05) is 18.4 Å². The maximum Gasteiger partial charge on any atom is 0.410 e. The first-order chi connectivity index (χ1) is 17.1. The van der Waals surface area contributed by atoms with Gasteiger partial charge < -0.3 is 15.0 Å². The second-order valence-corrected chi connectivity index (χ2v) is 10.0. The number of carbonyl (C=O) groups excluding carboxylic acids is 3. The molecule has 0 radical (unpaired) electrons. The van der Waals surface area contributed by atoms with E-state index in [1.807, 2.05) is 55.8 Å². The van der Waals surface area contributed by atoms with E-state index in [4.69, 9.17) is 4.74 Å². The molecule has 36 heavy (non-hydrogen) atoms. The van der Waals surface area contributed by atoms with Gasteiger partial charge in [-0.15, -0.1) is 0 Å². The number of anilines is 1. The highest BCUT2D eigenvalue weighted by Crippen LogP contribution is 2.33. The van der Waals surface area contributed by atoms with Crippen LogP contribution in [0.1, 0.15) is 72.9 Å². The van der Waals surface area contributed by atoms with Gasteiger partial charge >= 0.3 is 6.09 Å². The van der Waals surface area contributed by atoms with Crippen molar-refractivity contribution in [2.45, 2.75) is 52.1 Å². The second kappa shape index (κ2) is 10.4. The fourth-order valence-electron chi connectivity index (χ4n) is 4.38. The third kappa shape index (κ3) is 5.82. The highest BCUT2D eigenvalue weighted by atomic mass is 16.6. The van der Waals surface area contributed by atoms with Crippen LogP contribution in [0.15, 0.2) is 60.8 Å². The predicted octanol–water partition coefficient (Wildman–Crippen LogP) is 5.44. The first-order valence-electron chi connectivity index (χ1n) is 12.2. The normalized spacial score (nSPS) is 14.4. The fraction of sp³-hybridized carbons (Fsp3) is 0.357. The molecule has 1 saturated heterocycles. The van der Waals surface area contributed by atoms with Gasteiger partial charge in [-0.2, -0.15) is 5.10 Å². The Labute approximate surface area is 211 Å². The zero-order valence-corrected chi connectivity index (χ0v) is 21.2. The molecule has 0 saturated carbocycles. The van der Waals surface area contributed by atoms with E-state index in [0.29, 0.717) is 42.7 Å². The Morgan fingerprint density at radius 1 is 1.00 bits per heavy atom. The van der Waals surface area contributed by atoms with Crippen molar-refractivity contribution in [3.63, 3.8) is 0 Å². The number of carbonyl (C=O) groups is 3. The number of Topliss-reactive ketones (excluding diaryl/α,β-unsaturated/α-hetero) is 1. The molecule has 4 rings (SSSR count). The SMILES string of the molecule is CC(=O)c1cccc(NC(=O)c2cnn(-c3ccccc3)c2C2CCN(C(=O)OC(C)(C)C)CC2)c1. The van der Waals surface area contributed by atoms with Crippen molar-refractivity contribution in [1.29, 1.82) is 0 Å². The number of para-hydroxylation sites is 1. The zero-order valence-electron chi connectivity index (χ0n) is 21.2. The van der Waals surface area contributed by atoms with Crippen LogP contribution in [0.5, 0.6) is 0 Å². The van der Waals surface area contributed by atoms with Crippen molar-refractivity contribution in [3.05, 3.63) is 77.6 Å². The number of nitrogens with zero attached hydrogens (tertiary/aromatic N) is 3. The summed E-state index contributed by atoms with van der Waals surface area (Å²) in [5, 5.41) is 7.49. The minimum Gasteiger partial charge on any atom is -0.444 e. The summed E-state index contributed by atoms with van der Waals surface area (Å²) in [6.45, 7) is 8.11. The lowest BCUT2D eigenvalue weighted by atomic mass is 9.90. The Balaban J connectivity index is 1.60. The monoisotopic (exact) mass is 488 g/mol. The van der Waals surface area contributed by atoms with Gasteiger partial charge in [-0.05, 0) is 64.8 Å². The van der Waals surface area contributed by atoms with Crippen LogP contribution in [0.2, 0.25) is 0 Å². The van der Waals surface area contributed by atoms with Crippen LogP contribution >= 0.6 is 0 Å². The van der Waals surface area contributed by atoms with Crippen molar-refractivity contribution < 1.29 is 19.1 Å². The molecule has 1 aromatic heterocycles. The van der Waals surface area contributed by atoms with Crippen molar-refractivity contribution in [2.24, 2.45) is 0 Å². The first-order valence-corrected chi connectivity index (χ1v) is 12.2. The molecular formula is C28H32N4O4. The largest absolute Gasteiger partial charge is 0.444 e. The van der Waals surface area contributed by atoms with E-state index in [2.05, 4.69) is 10.4 Å². The molecule has 1 N–H and O–H groups in total. The lowest BCUT2D eigenvalue weighted by Gasteiger charge is -2.34. The summed E-state index contributed by atoms with van der Waals surface area (Å²) in [6, 6.07) is 16.6. The molecule has 1 fully saturated rings. The average Bonchev–Trinajstić information content (AvgIpc) is 3.29. The summed E-state index contributed by atoms with van der Waals surface area (Å²) < 4.78 is 7.35. The molecule has 2 aromatic carbocycles. The van der Waals surface area contributed by atoms with Gasteiger partial charge in [-0.3, -0.25) is 9.59 Å². The summed E-state index contributed by atoms with van der Waals surface area (Å²) in [6.07, 6.45) is 2.63. The van der Waals surface area contributed by atoms with Gasteiger partial charge in [0.05, 0.1) is 23.1 Å². The molecule has 0 unspecified atom stereocenters. The third-order valence-electron chi connectivity index (χ3n) is 6.11. The van der Waals surface area contributed by atoms with E-state index in [1.54, 1.807) is 35.4 Å². The molecular weight excluding hydrogens is 456 g/mol. The van der Waals surface area contributed by atoms with Crippen molar-refractivity contribution in [3.8, 4) is 5.69 Å². The predicted molar refractivity (Wildman–Crippen MR) is 138 cm³/mol. The molecule has 8 heteroatoms. The molecule has 188 valence electrons. The number of ketones is 1. The number of hydrogen-bond acceptors (Lipinski definition) is 5. The number of benzene rings is 2. The zero-order chi connectivity index (χ0) is 25.9. The highest BCUT2D eigenvalue weighted by Gasteiger charge is 2.32. The first kappa shape index (κ1) is 25.2. The molecule has 8 nitrogen and oxygen atoms in total. The molecule has 1 aliphatic rings. The summed E-state index contributed by atoms with van der Waals surface area (Å²) in [5.74, 6) is -0.335. The smallest absolute Gasteiger partial charge is 0.410 e. The van der Waals surface area contributed by atoms with Gasteiger partial charge in [0.15, 0.2) is 5.78 Å². The average molecular weight is 489 g/mol. The van der Waals surface area contributed by atoms with Gasteiger partial charge in [0.2, 0.25) is 0 Å². The van der Waals surface area contributed by atoms with E-state index in [9.17, 15) is 14.4 Å². The minimum atomic E-state index is -0.551. The Bertz CT molecular complexity index is 1250. The quantitative estimate of drug-likeness (QED) is 0.483. The Morgan fingerprint density at radius 3 is 2.33 bits per heavy atom. The molecule has 0 aliphatic carbocycles. The molecule has 0 spiro atoms. The number of rotatable bonds is 5. The minimum absolute atomic E-state index is 0.0238. The molecule has 2 heterocycles. The number of amides is 2. The van der Waals surface area contributed by atoms with Gasteiger partial charge in [0, 0.05) is 30.3 Å². The highest BCUT2D eigenvalue weighted by molar-refractivity contribution is 6.06. The summed E-state index contributed by atoms with van der Waals surface area (Å²) >= 11 is 0. The van der Waals surface area contributed by atoms with Crippen LogP contribution in [-0.2, 0) is 4.74 Å². The molecule has 2 amide bonds. The number of likely N-dealkylation sites (tertiary alicyclic amines) is 1. The van der Waals surface area contributed by atoms with Crippen LogP contribution in [0, 0.1) is 0 Å². The van der Waals surface area contributed by atoms with E-state index in [-0.39, 0.29) is 23.7 Å². The van der Waals surface area contributed by atoms with E-state index in [1.165, 1.54) is 6.92 Å². The number of ether oxygens (including phenoxy) is 1. The summed E-state index contributed by atoms with van der Waals surface area (Å²) in [4.78, 5) is 39.4. The van der Waals surface area contributed by atoms with Crippen molar-refractivity contribution in [1.82, 2.24) is 14.7 Å². The molecule has 0 atom stereocenters. The Morgan fingerprint density at radius 2 is 1.69 bits per heavy atom. The summed E-state index contributed by atoms with van der Waals surface area (Å²) in [7, 11) is 0. The van der Waals surface area contributed by atoms with Crippen LogP contribution in [0.25, 0.3) is 5.69 Å². The number of piperidine rings is 1. The number of nitrogens with one attached hydrogen (secondary N) is 1. The van der Waals surface area contributed by atoms with E-state index in [0.717, 1.165) is 11.4 Å². The van der Waals surface area contributed by atoms with Crippen LogP contribution in [0.3, 0.4) is 0 Å².